The molecule has 29 heavy (non-hydrogen) atoms. The van der Waals surface area contributed by atoms with E-state index in [9.17, 15) is 4.79 Å². The Balaban J connectivity index is 2.02. The third-order valence-corrected chi connectivity index (χ3v) is 4.27. The second-order valence-electron chi connectivity index (χ2n) is 6.07. The lowest BCUT2D eigenvalue weighted by Gasteiger charge is -2.16. The number of hydrogen-bond donors (Lipinski definition) is 3. The molecule has 0 saturated carbocycles. The number of amides is 1. The fraction of sp³-hybridized carbons (Fsp3) is 0.333. The van der Waals surface area contributed by atoms with Gasteiger partial charge in [-0.1, -0.05) is 12.1 Å². The summed E-state index contributed by atoms with van der Waals surface area (Å²) in [6.45, 7) is 0.640. The zero-order chi connectivity index (χ0) is 21.2. The molecule has 0 fully saturated rings. The number of carbonyl (C=O) groups is 1. The van der Waals surface area contributed by atoms with E-state index in [0.717, 1.165) is 17.7 Å². The van der Waals surface area contributed by atoms with Gasteiger partial charge in [0.05, 0.1) is 21.3 Å². The molecule has 0 bridgehead atoms. The number of nitrogens with zero attached hydrogens (tertiary/aromatic N) is 1. The van der Waals surface area contributed by atoms with E-state index in [-0.39, 0.29) is 5.91 Å². The van der Waals surface area contributed by atoms with Crippen molar-refractivity contribution in [3.63, 3.8) is 0 Å². The number of carbonyl (C=O) groups excluding carboxylic acids is 1. The van der Waals surface area contributed by atoms with Crippen molar-refractivity contribution in [1.82, 2.24) is 10.6 Å². The largest absolute Gasteiger partial charge is 0.493 e. The summed E-state index contributed by atoms with van der Waals surface area (Å²) in [6.07, 6.45) is 0.737. The monoisotopic (exact) mass is 400 g/mol. The second-order valence-corrected chi connectivity index (χ2v) is 6.07. The van der Waals surface area contributed by atoms with E-state index in [2.05, 4.69) is 20.9 Å². The van der Waals surface area contributed by atoms with Gasteiger partial charge in [0.1, 0.15) is 0 Å². The first-order valence-electron chi connectivity index (χ1n) is 9.15. The molecule has 156 valence electrons. The molecule has 8 nitrogen and oxygen atoms in total. The van der Waals surface area contributed by atoms with E-state index in [1.54, 1.807) is 53.6 Å². The number of rotatable bonds is 8. The van der Waals surface area contributed by atoms with Crippen LogP contribution in [0.2, 0.25) is 0 Å². The Labute approximate surface area is 171 Å². The van der Waals surface area contributed by atoms with E-state index < -0.39 is 0 Å². The molecule has 0 atom stereocenters. The predicted octanol–water partition coefficient (Wildman–Crippen LogP) is 2.30. The molecule has 0 aliphatic carbocycles. The number of anilines is 1. The van der Waals surface area contributed by atoms with E-state index in [4.69, 9.17) is 14.2 Å². The highest BCUT2D eigenvalue weighted by Crippen LogP contribution is 2.39. The molecule has 0 radical (unpaired) electrons. The van der Waals surface area contributed by atoms with Gasteiger partial charge < -0.3 is 30.2 Å². The number of methoxy groups -OCH3 is 3. The Bertz CT molecular complexity index is 843. The molecule has 0 unspecified atom stereocenters. The van der Waals surface area contributed by atoms with E-state index in [1.165, 1.54) is 0 Å². The van der Waals surface area contributed by atoms with Crippen LogP contribution in [0.4, 0.5) is 5.69 Å². The SMILES string of the molecule is CN=C(NCCc1cccc(C(=O)NC)c1)Nc1cc(OC)c(OC)c(OC)c1. The van der Waals surface area contributed by atoms with Crippen molar-refractivity contribution < 1.29 is 19.0 Å². The van der Waals surface area contributed by atoms with Gasteiger partial charge in [0.25, 0.3) is 5.91 Å². The van der Waals surface area contributed by atoms with Gasteiger partial charge in [-0.15, -0.1) is 0 Å². The van der Waals surface area contributed by atoms with Crippen LogP contribution in [0.3, 0.4) is 0 Å². The molecular weight excluding hydrogens is 372 g/mol. The van der Waals surface area contributed by atoms with Crippen LogP contribution in [0.5, 0.6) is 17.2 Å². The van der Waals surface area contributed by atoms with Crippen LogP contribution in [-0.2, 0) is 6.42 Å². The normalized spacial score (nSPS) is 10.9. The van der Waals surface area contributed by atoms with Crippen LogP contribution in [0.15, 0.2) is 41.4 Å². The number of aliphatic imine (C=N–C) groups is 1. The van der Waals surface area contributed by atoms with Gasteiger partial charge in [-0.25, -0.2) is 0 Å². The van der Waals surface area contributed by atoms with Crippen LogP contribution in [-0.4, -0.2) is 53.8 Å². The zero-order valence-electron chi connectivity index (χ0n) is 17.5. The third kappa shape index (κ3) is 5.78. The standard InChI is InChI=1S/C21H28N4O4/c1-22-20(26)15-8-6-7-14(11-15)9-10-24-21(23-2)25-16-12-17(27-3)19(29-5)18(13-16)28-4/h6-8,11-13H,9-10H2,1-5H3,(H,22,26)(H2,23,24,25). The highest BCUT2D eigenvalue weighted by molar-refractivity contribution is 5.94. The molecule has 0 aliphatic heterocycles. The lowest BCUT2D eigenvalue weighted by atomic mass is 10.1. The van der Waals surface area contributed by atoms with Crippen molar-refractivity contribution in [3.8, 4) is 17.2 Å². The summed E-state index contributed by atoms with van der Waals surface area (Å²) >= 11 is 0. The smallest absolute Gasteiger partial charge is 0.251 e. The summed E-state index contributed by atoms with van der Waals surface area (Å²) in [7, 11) is 8.02. The van der Waals surface area contributed by atoms with Crippen molar-refractivity contribution in [2.45, 2.75) is 6.42 Å². The van der Waals surface area contributed by atoms with Gasteiger partial charge >= 0.3 is 0 Å². The summed E-state index contributed by atoms with van der Waals surface area (Å²) in [4.78, 5) is 16.0. The summed E-state index contributed by atoms with van der Waals surface area (Å²) in [5, 5.41) is 9.10. The molecule has 0 aromatic heterocycles. The molecule has 0 heterocycles. The summed E-state index contributed by atoms with van der Waals surface area (Å²) in [6, 6.07) is 11.2. The molecule has 0 aliphatic rings. The maximum atomic E-state index is 11.8. The van der Waals surface area contributed by atoms with Gasteiger partial charge in [0.2, 0.25) is 5.75 Å². The Kier molecular flexibility index (Phi) is 8.14. The number of guanidine groups is 1. The first kappa shape index (κ1) is 21.9. The fourth-order valence-electron chi connectivity index (χ4n) is 2.81. The van der Waals surface area contributed by atoms with Gasteiger partial charge in [0.15, 0.2) is 17.5 Å². The van der Waals surface area contributed by atoms with E-state index >= 15 is 0 Å². The van der Waals surface area contributed by atoms with Gasteiger partial charge in [0, 0.05) is 44.0 Å². The van der Waals surface area contributed by atoms with Gasteiger partial charge in [-0.3, -0.25) is 9.79 Å². The zero-order valence-corrected chi connectivity index (χ0v) is 17.5. The quantitative estimate of drug-likeness (QED) is 0.465. The third-order valence-electron chi connectivity index (χ3n) is 4.27. The number of benzene rings is 2. The van der Waals surface area contributed by atoms with Crippen molar-refractivity contribution in [2.75, 3.05) is 47.3 Å². The molecule has 0 spiro atoms. The number of ether oxygens (including phenoxy) is 3. The molecule has 2 aromatic rings. The minimum absolute atomic E-state index is 0.0975. The Hall–Kier alpha value is -3.42. The minimum Gasteiger partial charge on any atom is -0.493 e. The average Bonchev–Trinajstić information content (AvgIpc) is 2.77. The van der Waals surface area contributed by atoms with Crippen molar-refractivity contribution in [3.05, 3.63) is 47.5 Å². The lowest BCUT2D eigenvalue weighted by Crippen LogP contribution is -2.32. The van der Waals surface area contributed by atoms with E-state index in [0.29, 0.717) is 35.3 Å². The van der Waals surface area contributed by atoms with Crippen molar-refractivity contribution in [1.29, 1.82) is 0 Å². The average molecular weight is 400 g/mol. The summed E-state index contributed by atoms with van der Waals surface area (Å²) in [5.74, 6) is 2.13. The Morgan fingerprint density at radius 1 is 1.03 bits per heavy atom. The fourth-order valence-corrected chi connectivity index (χ4v) is 2.81. The van der Waals surface area contributed by atoms with Crippen LogP contribution >= 0.6 is 0 Å². The van der Waals surface area contributed by atoms with Crippen molar-refractivity contribution in [2.24, 2.45) is 4.99 Å². The summed E-state index contributed by atoms with van der Waals surface area (Å²) < 4.78 is 16.1. The molecule has 2 rings (SSSR count). The molecule has 0 saturated heterocycles. The van der Waals surface area contributed by atoms with Gasteiger partial charge in [-0.05, 0) is 24.1 Å². The van der Waals surface area contributed by atoms with Crippen LogP contribution < -0.4 is 30.2 Å². The Morgan fingerprint density at radius 2 is 1.72 bits per heavy atom. The highest BCUT2D eigenvalue weighted by Gasteiger charge is 2.14. The number of hydrogen-bond acceptors (Lipinski definition) is 5. The summed E-state index contributed by atoms with van der Waals surface area (Å²) in [5.41, 5.74) is 2.45. The topological polar surface area (TPSA) is 93.2 Å². The first-order chi connectivity index (χ1) is 14.1. The number of nitrogens with one attached hydrogen (secondary N) is 3. The van der Waals surface area contributed by atoms with Crippen molar-refractivity contribution >= 4 is 17.6 Å². The molecule has 2 aromatic carbocycles. The first-order valence-corrected chi connectivity index (χ1v) is 9.15. The lowest BCUT2D eigenvalue weighted by molar-refractivity contribution is 0.0963. The second kappa shape index (κ2) is 10.8. The molecular formula is C21H28N4O4. The van der Waals surface area contributed by atoms with Crippen LogP contribution in [0.1, 0.15) is 15.9 Å². The molecule has 3 N–H and O–H groups in total. The van der Waals surface area contributed by atoms with Gasteiger partial charge in [-0.2, -0.15) is 0 Å². The highest BCUT2D eigenvalue weighted by atomic mass is 16.5. The van der Waals surface area contributed by atoms with E-state index in [1.807, 2.05) is 18.2 Å². The predicted molar refractivity (Wildman–Crippen MR) is 115 cm³/mol. The maximum Gasteiger partial charge on any atom is 0.251 e. The molecule has 1 amide bonds. The molecule has 8 heteroatoms. The minimum atomic E-state index is -0.0975. The van der Waals surface area contributed by atoms with Crippen LogP contribution in [0.25, 0.3) is 0 Å². The Morgan fingerprint density at radius 3 is 2.28 bits per heavy atom. The van der Waals surface area contributed by atoms with Crippen LogP contribution in [0, 0.1) is 0 Å². The maximum absolute atomic E-state index is 11.8.